The van der Waals surface area contributed by atoms with Gasteiger partial charge in [-0.25, -0.2) is 0 Å². The maximum absolute atomic E-state index is 4.59. The van der Waals surface area contributed by atoms with Crippen LogP contribution in [0.15, 0.2) is 46.8 Å². The summed E-state index contributed by atoms with van der Waals surface area (Å²) in [5.41, 5.74) is 1.23. The van der Waals surface area contributed by atoms with Gasteiger partial charge in [0.1, 0.15) is 0 Å². The number of nitrogens with one attached hydrogen (secondary N) is 1. The molecule has 1 heterocycles. The molecule has 1 aromatic carbocycles. The molecule has 1 atom stereocenters. The van der Waals surface area contributed by atoms with Gasteiger partial charge in [-0.1, -0.05) is 55.6 Å². The van der Waals surface area contributed by atoms with Crippen LogP contribution in [0.2, 0.25) is 0 Å². The lowest BCUT2D eigenvalue weighted by Gasteiger charge is -2.22. The molecule has 1 aromatic rings. The zero-order chi connectivity index (χ0) is 12.3. The summed E-state index contributed by atoms with van der Waals surface area (Å²) < 4.78 is 0. The zero-order valence-electron chi connectivity index (χ0n) is 10.4. The van der Waals surface area contributed by atoms with Gasteiger partial charge in [0.15, 0.2) is 5.17 Å². The minimum Gasteiger partial charge on any atom is -0.355 e. The predicted molar refractivity (Wildman–Crippen MR) is 76.1 cm³/mol. The highest BCUT2D eigenvalue weighted by atomic mass is 32.2. The molecular formula is C14H18N2S. The summed E-state index contributed by atoms with van der Waals surface area (Å²) in [7, 11) is 0. The lowest BCUT2D eigenvalue weighted by molar-refractivity contribution is 0.506. The van der Waals surface area contributed by atoms with E-state index in [1.54, 1.807) is 11.8 Å². The second kappa shape index (κ2) is 4.96. The van der Waals surface area contributed by atoms with Crippen molar-refractivity contribution < 1.29 is 0 Å². The second-order valence-corrected chi connectivity index (χ2v) is 5.53. The Labute approximate surface area is 107 Å². The van der Waals surface area contributed by atoms with E-state index in [0.717, 1.165) is 23.0 Å². The lowest BCUT2D eigenvalue weighted by Crippen LogP contribution is -2.38. The number of thioether (sulfide) groups is 1. The van der Waals surface area contributed by atoms with Crippen LogP contribution in [0.5, 0.6) is 0 Å². The molecule has 17 heavy (non-hydrogen) atoms. The molecule has 2 rings (SSSR count). The van der Waals surface area contributed by atoms with Gasteiger partial charge in [-0.15, -0.1) is 0 Å². The number of hydrogen-bond donors (Lipinski definition) is 1. The van der Waals surface area contributed by atoms with Crippen molar-refractivity contribution in [3.63, 3.8) is 0 Å². The van der Waals surface area contributed by atoms with Crippen molar-refractivity contribution in [1.82, 2.24) is 5.32 Å². The van der Waals surface area contributed by atoms with Crippen molar-refractivity contribution >= 4 is 16.9 Å². The van der Waals surface area contributed by atoms with E-state index in [0.29, 0.717) is 0 Å². The quantitative estimate of drug-likeness (QED) is 0.882. The summed E-state index contributed by atoms with van der Waals surface area (Å²) in [4.78, 5) is 5.75. The fourth-order valence-corrected chi connectivity index (χ4v) is 2.72. The second-order valence-electron chi connectivity index (χ2n) is 4.44. The standard InChI is InChI=1S/C14H18N2S/c1-4-14(3)11(2)17-13(16-14)15-10-12-8-6-5-7-9-12/h5-9H,2,4,10H2,1,3H3,(H,15,16). The highest BCUT2D eigenvalue weighted by Crippen LogP contribution is 2.36. The summed E-state index contributed by atoms with van der Waals surface area (Å²) in [5.74, 6) is 0. The Balaban J connectivity index is 2.04. The van der Waals surface area contributed by atoms with E-state index in [9.17, 15) is 0 Å². The van der Waals surface area contributed by atoms with Crippen molar-refractivity contribution in [2.24, 2.45) is 4.99 Å². The Morgan fingerprint density at radius 2 is 2.06 bits per heavy atom. The number of aliphatic imine (C=N–C) groups is 1. The van der Waals surface area contributed by atoms with Gasteiger partial charge in [0, 0.05) is 4.91 Å². The summed E-state index contributed by atoms with van der Waals surface area (Å²) in [6.45, 7) is 9.17. The first-order valence-electron chi connectivity index (χ1n) is 5.88. The fourth-order valence-electron chi connectivity index (χ4n) is 1.66. The topological polar surface area (TPSA) is 24.4 Å². The largest absolute Gasteiger partial charge is 0.355 e. The Bertz CT molecular complexity index is 439. The van der Waals surface area contributed by atoms with E-state index in [1.807, 2.05) is 18.2 Å². The molecule has 1 aliphatic heterocycles. The average molecular weight is 246 g/mol. The third-order valence-corrected chi connectivity index (χ3v) is 4.29. The molecule has 0 spiro atoms. The summed E-state index contributed by atoms with van der Waals surface area (Å²) >= 11 is 1.66. The van der Waals surface area contributed by atoms with Crippen LogP contribution in [-0.2, 0) is 6.54 Å². The maximum Gasteiger partial charge on any atom is 0.162 e. The Kier molecular flexibility index (Phi) is 3.57. The highest BCUT2D eigenvalue weighted by Gasteiger charge is 2.34. The van der Waals surface area contributed by atoms with Gasteiger partial charge in [-0.3, -0.25) is 4.99 Å². The molecule has 1 aliphatic rings. The van der Waals surface area contributed by atoms with Crippen molar-refractivity contribution in [2.75, 3.05) is 0 Å². The number of rotatable bonds is 3. The first-order chi connectivity index (χ1) is 8.14. The van der Waals surface area contributed by atoms with Crippen LogP contribution in [0.3, 0.4) is 0 Å². The van der Waals surface area contributed by atoms with E-state index >= 15 is 0 Å². The highest BCUT2D eigenvalue weighted by molar-refractivity contribution is 8.17. The molecule has 1 unspecified atom stereocenters. The normalized spacial score (nSPS) is 26.2. The van der Waals surface area contributed by atoms with Gasteiger partial charge in [-0.05, 0) is 18.9 Å². The number of benzene rings is 1. The fraction of sp³-hybridized carbons (Fsp3) is 0.357. The molecule has 0 bridgehead atoms. The minimum absolute atomic E-state index is 0.000186. The van der Waals surface area contributed by atoms with E-state index in [1.165, 1.54) is 5.56 Å². The molecule has 0 saturated carbocycles. The summed E-state index contributed by atoms with van der Waals surface area (Å²) in [6, 6.07) is 10.3. The molecule has 90 valence electrons. The van der Waals surface area contributed by atoms with Crippen molar-refractivity contribution in [3.05, 3.63) is 47.4 Å². The van der Waals surface area contributed by atoms with E-state index in [2.05, 4.69) is 42.9 Å². The van der Waals surface area contributed by atoms with Crippen LogP contribution < -0.4 is 5.32 Å². The molecule has 0 amide bonds. The van der Waals surface area contributed by atoms with Crippen LogP contribution in [0.1, 0.15) is 25.8 Å². The van der Waals surface area contributed by atoms with Crippen LogP contribution in [0.25, 0.3) is 0 Å². The van der Waals surface area contributed by atoms with Gasteiger partial charge in [0.2, 0.25) is 0 Å². The van der Waals surface area contributed by atoms with Crippen LogP contribution in [-0.4, -0.2) is 10.7 Å². The molecule has 3 heteroatoms. The van der Waals surface area contributed by atoms with E-state index < -0.39 is 0 Å². The maximum atomic E-state index is 4.59. The zero-order valence-corrected chi connectivity index (χ0v) is 11.2. The Hall–Kier alpha value is -1.22. The first kappa shape index (κ1) is 12.2. The van der Waals surface area contributed by atoms with Gasteiger partial charge >= 0.3 is 0 Å². The number of hydrogen-bond acceptors (Lipinski definition) is 2. The number of amidine groups is 1. The molecular weight excluding hydrogens is 228 g/mol. The Morgan fingerprint density at radius 3 is 2.65 bits per heavy atom. The predicted octanol–water partition coefficient (Wildman–Crippen LogP) is 3.56. The van der Waals surface area contributed by atoms with E-state index in [4.69, 9.17) is 0 Å². The SMILES string of the molecule is C=C1SC(=NCc2ccccc2)NC1(C)CC. The van der Waals surface area contributed by atoms with Crippen LogP contribution in [0, 0.1) is 0 Å². The van der Waals surface area contributed by atoms with Gasteiger partial charge in [0.25, 0.3) is 0 Å². The molecule has 0 aromatic heterocycles. The van der Waals surface area contributed by atoms with Crippen LogP contribution in [0.4, 0.5) is 0 Å². The molecule has 0 radical (unpaired) electrons. The number of nitrogens with zero attached hydrogens (tertiary/aromatic N) is 1. The van der Waals surface area contributed by atoms with E-state index in [-0.39, 0.29) is 5.54 Å². The Morgan fingerprint density at radius 1 is 1.35 bits per heavy atom. The summed E-state index contributed by atoms with van der Waals surface area (Å²) in [6.07, 6.45) is 1.03. The average Bonchev–Trinajstić information content (AvgIpc) is 2.65. The molecule has 2 nitrogen and oxygen atoms in total. The van der Waals surface area contributed by atoms with Crippen LogP contribution >= 0.6 is 11.8 Å². The van der Waals surface area contributed by atoms with Crippen molar-refractivity contribution in [3.8, 4) is 0 Å². The minimum atomic E-state index is 0.000186. The molecule has 1 fully saturated rings. The smallest absolute Gasteiger partial charge is 0.162 e. The third kappa shape index (κ3) is 2.72. The van der Waals surface area contributed by atoms with Gasteiger partial charge in [0.05, 0.1) is 12.1 Å². The summed E-state index contributed by atoms with van der Waals surface area (Å²) in [5, 5.41) is 4.44. The molecule has 1 N–H and O–H groups in total. The third-order valence-electron chi connectivity index (χ3n) is 3.17. The van der Waals surface area contributed by atoms with Gasteiger partial charge < -0.3 is 5.32 Å². The monoisotopic (exact) mass is 246 g/mol. The molecule has 0 aliphatic carbocycles. The van der Waals surface area contributed by atoms with Crippen molar-refractivity contribution in [2.45, 2.75) is 32.4 Å². The van der Waals surface area contributed by atoms with Crippen molar-refractivity contribution in [1.29, 1.82) is 0 Å². The molecule has 1 saturated heterocycles. The van der Waals surface area contributed by atoms with Gasteiger partial charge in [-0.2, -0.15) is 0 Å². The first-order valence-corrected chi connectivity index (χ1v) is 6.69. The lowest BCUT2D eigenvalue weighted by atomic mass is 10.00.